The number of ether oxygens (including phenoxy) is 1. The van der Waals surface area contributed by atoms with Gasteiger partial charge in [-0.05, 0) is 38.0 Å². The molecule has 0 saturated heterocycles. The number of aryl methyl sites for hydroxylation is 2. The van der Waals surface area contributed by atoms with Crippen LogP contribution in [0, 0.1) is 24.1 Å². The van der Waals surface area contributed by atoms with Crippen molar-refractivity contribution < 1.29 is 9.13 Å². The van der Waals surface area contributed by atoms with E-state index < -0.39 is 0 Å². The van der Waals surface area contributed by atoms with Crippen LogP contribution in [0.2, 0.25) is 0 Å². The lowest BCUT2D eigenvalue weighted by Crippen LogP contribution is -2.15. The van der Waals surface area contributed by atoms with Crippen molar-refractivity contribution in [3.63, 3.8) is 0 Å². The predicted molar refractivity (Wildman–Crippen MR) is 112 cm³/mol. The number of nitrogens with one attached hydrogen (secondary N) is 1. The van der Waals surface area contributed by atoms with Gasteiger partial charge in [-0.15, -0.1) is 0 Å². The fourth-order valence-electron chi connectivity index (χ4n) is 4.05. The molecule has 3 aromatic heterocycles. The molecule has 156 valence electrons. The van der Waals surface area contributed by atoms with Gasteiger partial charge in [0.05, 0.1) is 29.8 Å². The quantitative estimate of drug-likeness (QED) is 0.547. The zero-order chi connectivity index (χ0) is 21.5. The Morgan fingerprint density at radius 1 is 1.35 bits per heavy atom. The fourth-order valence-corrected chi connectivity index (χ4v) is 4.05. The highest BCUT2D eigenvalue weighted by Gasteiger charge is 2.20. The molecule has 1 aromatic carbocycles. The highest BCUT2D eigenvalue weighted by atomic mass is 19.1. The molecule has 0 unspecified atom stereocenters. The largest absolute Gasteiger partial charge is 0.493 e. The van der Waals surface area contributed by atoms with Gasteiger partial charge >= 0.3 is 0 Å². The van der Waals surface area contributed by atoms with Crippen molar-refractivity contribution in [2.24, 2.45) is 7.05 Å². The van der Waals surface area contributed by atoms with E-state index in [1.54, 1.807) is 27.5 Å². The Labute approximate surface area is 177 Å². The number of hydrogen-bond donors (Lipinski definition) is 1. The van der Waals surface area contributed by atoms with E-state index in [1.165, 1.54) is 6.07 Å². The van der Waals surface area contributed by atoms with Crippen LogP contribution in [0.4, 0.5) is 10.3 Å². The Morgan fingerprint density at radius 2 is 2.23 bits per heavy atom. The summed E-state index contributed by atoms with van der Waals surface area (Å²) >= 11 is 0. The highest BCUT2D eigenvalue weighted by Crippen LogP contribution is 2.31. The van der Waals surface area contributed by atoms with Gasteiger partial charge in [-0.25, -0.2) is 14.4 Å². The second-order valence-corrected chi connectivity index (χ2v) is 7.53. The molecular weight excluding hydrogens is 397 g/mol. The third-order valence-electron chi connectivity index (χ3n) is 5.47. The first-order valence-electron chi connectivity index (χ1n) is 10.0. The molecule has 8 nitrogen and oxygen atoms in total. The number of nitrogens with zero attached hydrogens (tertiary/aromatic N) is 6. The molecule has 0 bridgehead atoms. The van der Waals surface area contributed by atoms with Gasteiger partial charge in [-0.2, -0.15) is 10.4 Å². The van der Waals surface area contributed by atoms with Crippen LogP contribution >= 0.6 is 0 Å². The monoisotopic (exact) mass is 417 g/mol. The minimum atomic E-state index is -0.279. The first-order valence-corrected chi connectivity index (χ1v) is 10.0. The van der Waals surface area contributed by atoms with Crippen molar-refractivity contribution in [2.75, 3.05) is 11.9 Å². The maximum Gasteiger partial charge on any atom is 0.208 e. The summed E-state index contributed by atoms with van der Waals surface area (Å²) in [5.74, 6) is 0.928. The van der Waals surface area contributed by atoms with Gasteiger partial charge in [-0.1, -0.05) is 0 Å². The Morgan fingerprint density at radius 3 is 3.00 bits per heavy atom. The third kappa shape index (κ3) is 3.26. The number of benzene rings is 1. The topological polar surface area (TPSA) is 93.1 Å². The molecule has 1 N–H and O–H groups in total. The molecule has 31 heavy (non-hydrogen) atoms. The van der Waals surface area contributed by atoms with Crippen LogP contribution in [-0.2, 0) is 20.0 Å². The summed E-state index contributed by atoms with van der Waals surface area (Å²) in [6, 6.07) is 7.14. The summed E-state index contributed by atoms with van der Waals surface area (Å²) in [6.45, 7) is 2.80. The van der Waals surface area contributed by atoms with E-state index in [0.717, 1.165) is 41.1 Å². The molecule has 0 spiro atoms. The third-order valence-corrected chi connectivity index (χ3v) is 5.47. The summed E-state index contributed by atoms with van der Waals surface area (Å²) in [5, 5.41) is 17.0. The summed E-state index contributed by atoms with van der Waals surface area (Å²) in [5.41, 5.74) is 4.78. The predicted octanol–water partition coefficient (Wildman–Crippen LogP) is 3.39. The van der Waals surface area contributed by atoms with Gasteiger partial charge in [0.25, 0.3) is 0 Å². The molecule has 1 aliphatic rings. The molecule has 0 radical (unpaired) electrons. The van der Waals surface area contributed by atoms with Gasteiger partial charge in [0, 0.05) is 30.9 Å². The van der Waals surface area contributed by atoms with Crippen LogP contribution in [0.1, 0.15) is 28.9 Å². The number of halogens is 1. The molecule has 0 aliphatic carbocycles. The van der Waals surface area contributed by atoms with E-state index in [9.17, 15) is 9.65 Å². The van der Waals surface area contributed by atoms with E-state index in [1.807, 2.05) is 20.0 Å². The molecule has 0 amide bonds. The van der Waals surface area contributed by atoms with Crippen molar-refractivity contribution in [2.45, 2.75) is 26.3 Å². The summed E-state index contributed by atoms with van der Waals surface area (Å²) in [7, 11) is 1.85. The second kappa shape index (κ2) is 7.40. The van der Waals surface area contributed by atoms with E-state index in [-0.39, 0.29) is 18.1 Å². The number of fused-ring (bicyclic) bond motifs is 2. The number of nitriles is 1. The Hall–Kier alpha value is -3.93. The maximum absolute atomic E-state index is 14.6. The molecule has 0 fully saturated rings. The van der Waals surface area contributed by atoms with Crippen LogP contribution in [0.3, 0.4) is 0 Å². The minimum absolute atomic E-state index is 0.241. The first-order chi connectivity index (χ1) is 15.0. The lowest BCUT2D eigenvalue weighted by atomic mass is 9.99. The zero-order valence-corrected chi connectivity index (χ0v) is 17.2. The van der Waals surface area contributed by atoms with Crippen LogP contribution in [0.5, 0.6) is 5.75 Å². The van der Waals surface area contributed by atoms with Gasteiger partial charge in [0.1, 0.15) is 17.6 Å². The lowest BCUT2D eigenvalue weighted by Gasteiger charge is -2.21. The van der Waals surface area contributed by atoms with Gasteiger partial charge in [0.2, 0.25) is 5.95 Å². The van der Waals surface area contributed by atoms with Crippen LogP contribution in [-0.4, -0.2) is 30.8 Å². The summed E-state index contributed by atoms with van der Waals surface area (Å²) in [4.78, 5) is 8.99. The standard InChI is InChI=1S/C22H20FN7O/c1-13-8-19(29(2)28-13)17-11-26-22(30-12-14(9-24)27-21(17)30)25-10-16-15-4-3-7-31-20(15)6-5-18(16)23/h5-6,8,11-12H,3-4,7,10H2,1-2H3,(H,25,26). The van der Waals surface area contributed by atoms with E-state index >= 15 is 0 Å². The van der Waals surface area contributed by atoms with E-state index in [0.29, 0.717) is 23.8 Å². The normalized spacial score (nSPS) is 13.0. The average Bonchev–Trinajstić information content (AvgIpc) is 3.35. The first kappa shape index (κ1) is 19.1. The smallest absolute Gasteiger partial charge is 0.208 e. The van der Waals surface area contributed by atoms with Crippen molar-refractivity contribution in [3.05, 3.63) is 58.9 Å². The average molecular weight is 417 g/mol. The number of rotatable bonds is 4. The fraction of sp³-hybridized carbons (Fsp3) is 0.273. The van der Waals surface area contributed by atoms with E-state index in [4.69, 9.17) is 4.74 Å². The lowest BCUT2D eigenvalue weighted by molar-refractivity contribution is 0.286. The van der Waals surface area contributed by atoms with Crippen LogP contribution < -0.4 is 10.1 Å². The van der Waals surface area contributed by atoms with Crippen LogP contribution in [0.25, 0.3) is 16.9 Å². The Balaban J connectivity index is 1.55. The van der Waals surface area contributed by atoms with Crippen molar-refractivity contribution in [1.29, 1.82) is 5.26 Å². The van der Waals surface area contributed by atoms with Gasteiger partial charge in [-0.3, -0.25) is 9.08 Å². The van der Waals surface area contributed by atoms with Crippen LogP contribution in [0.15, 0.2) is 30.6 Å². The SMILES string of the molecule is Cc1cc(-c2cnc(NCc3c(F)ccc4c3CCCO4)n3cc(C#N)nc23)n(C)n1. The minimum Gasteiger partial charge on any atom is -0.493 e. The number of hydrogen-bond acceptors (Lipinski definition) is 6. The molecule has 0 saturated carbocycles. The Bertz CT molecular complexity index is 1350. The van der Waals surface area contributed by atoms with E-state index in [2.05, 4.69) is 26.5 Å². The maximum atomic E-state index is 14.6. The molecular formula is C22H20FN7O. The second-order valence-electron chi connectivity index (χ2n) is 7.53. The van der Waals surface area contributed by atoms with Crippen molar-refractivity contribution >= 4 is 11.6 Å². The number of anilines is 1. The summed E-state index contributed by atoms with van der Waals surface area (Å²) < 4.78 is 23.7. The molecule has 9 heteroatoms. The Kier molecular flexibility index (Phi) is 4.55. The molecule has 1 aliphatic heterocycles. The summed E-state index contributed by atoms with van der Waals surface area (Å²) in [6.07, 6.45) is 4.95. The number of aromatic nitrogens is 5. The van der Waals surface area contributed by atoms with Gasteiger partial charge in [0.15, 0.2) is 11.3 Å². The molecule has 4 aromatic rings. The van der Waals surface area contributed by atoms with Gasteiger partial charge < -0.3 is 10.1 Å². The molecule has 4 heterocycles. The van der Waals surface area contributed by atoms with Crippen molar-refractivity contribution in [3.8, 4) is 23.1 Å². The van der Waals surface area contributed by atoms with Crippen molar-refractivity contribution in [1.82, 2.24) is 24.1 Å². The zero-order valence-electron chi connectivity index (χ0n) is 17.2. The molecule has 5 rings (SSSR count). The highest BCUT2D eigenvalue weighted by molar-refractivity contribution is 5.76. The number of imidazole rings is 1. The molecule has 0 atom stereocenters.